The zero-order chi connectivity index (χ0) is 12.4. The summed E-state index contributed by atoms with van der Waals surface area (Å²) in [7, 11) is 0. The average Bonchev–Trinajstić information content (AvgIpc) is 2.40. The second-order valence-corrected chi connectivity index (χ2v) is 4.93. The van der Waals surface area contributed by atoms with Crippen molar-refractivity contribution in [1.82, 2.24) is 15.3 Å². The second-order valence-electron chi connectivity index (χ2n) is 4.93. The molecule has 1 aromatic heterocycles. The van der Waals surface area contributed by atoms with Crippen molar-refractivity contribution in [1.29, 1.82) is 0 Å². The molecule has 0 aliphatic carbocycles. The zero-order valence-corrected chi connectivity index (χ0v) is 10.2. The van der Waals surface area contributed by atoms with Crippen LogP contribution in [0.2, 0.25) is 0 Å². The molecule has 0 saturated carbocycles. The molecule has 1 spiro atoms. The summed E-state index contributed by atoms with van der Waals surface area (Å²) in [6.45, 7) is 4.19. The third-order valence-corrected chi connectivity index (χ3v) is 3.56. The van der Waals surface area contributed by atoms with Gasteiger partial charge in [-0.1, -0.05) is 0 Å². The van der Waals surface area contributed by atoms with E-state index in [1.807, 2.05) is 0 Å². The molecule has 98 valence electrons. The molecule has 1 atom stereocenters. The molecule has 18 heavy (non-hydrogen) atoms. The molecule has 3 rings (SSSR count). The molecular weight excluding hydrogens is 235 g/mol. The van der Waals surface area contributed by atoms with Crippen molar-refractivity contribution in [2.45, 2.75) is 18.4 Å². The lowest BCUT2D eigenvalue weighted by molar-refractivity contribution is -0.0727. The number of nitrogens with zero attached hydrogens (tertiary/aromatic N) is 3. The molecule has 6 heteroatoms. The van der Waals surface area contributed by atoms with Gasteiger partial charge in [0.1, 0.15) is 0 Å². The normalized spacial score (nSPS) is 28.6. The van der Waals surface area contributed by atoms with Crippen LogP contribution in [0.25, 0.3) is 0 Å². The lowest BCUT2D eigenvalue weighted by Gasteiger charge is -2.44. The van der Waals surface area contributed by atoms with Gasteiger partial charge in [-0.05, 0) is 12.8 Å². The Hall–Kier alpha value is -1.27. The summed E-state index contributed by atoms with van der Waals surface area (Å²) in [5.41, 5.74) is -0.131. The van der Waals surface area contributed by atoms with Crippen LogP contribution in [0, 0.1) is 5.82 Å². The Labute approximate surface area is 105 Å². The number of ether oxygens (including phenoxy) is 1. The van der Waals surface area contributed by atoms with Gasteiger partial charge in [0.25, 0.3) is 0 Å². The van der Waals surface area contributed by atoms with Crippen LogP contribution in [0.15, 0.2) is 12.4 Å². The van der Waals surface area contributed by atoms with Gasteiger partial charge in [-0.2, -0.15) is 0 Å². The summed E-state index contributed by atoms with van der Waals surface area (Å²) >= 11 is 0. The maximum atomic E-state index is 12.8. The van der Waals surface area contributed by atoms with E-state index in [9.17, 15) is 4.39 Å². The fraction of sp³-hybridized carbons (Fsp3) is 0.667. The fourth-order valence-corrected chi connectivity index (χ4v) is 2.71. The van der Waals surface area contributed by atoms with Crippen LogP contribution in [0.1, 0.15) is 12.8 Å². The number of piperidine rings is 1. The molecular formula is C12H17FN4O. The first-order valence-corrected chi connectivity index (χ1v) is 6.35. The van der Waals surface area contributed by atoms with Gasteiger partial charge in [0.05, 0.1) is 31.1 Å². The van der Waals surface area contributed by atoms with E-state index in [4.69, 9.17) is 4.74 Å². The zero-order valence-electron chi connectivity index (χ0n) is 10.2. The average molecular weight is 252 g/mol. The van der Waals surface area contributed by atoms with Crippen LogP contribution < -0.4 is 10.2 Å². The quantitative estimate of drug-likeness (QED) is 0.792. The lowest BCUT2D eigenvalue weighted by Crippen LogP contribution is -2.59. The largest absolute Gasteiger partial charge is 0.370 e. The van der Waals surface area contributed by atoms with Crippen molar-refractivity contribution in [3.8, 4) is 0 Å². The van der Waals surface area contributed by atoms with Gasteiger partial charge < -0.3 is 15.0 Å². The van der Waals surface area contributed by atoms with Crippen molar-refractivity contribution < 1.29 is 9.13 Å². The maximum absolute atomic E-state index is 12.8. The van der Waals surface area contributed by atoms with E-state index in [1.165, 1.54) is 12.4 Å². The second kappa shape index (κ2) is 4.78. The van der Waals surface area contributed by atoms with Gasteiger partial charge >= 0.3 is 0 Å². The number of hydrogen-bond acceptors (Lipinski definition) is 5. The molecule has 0 unspecified atom stereocenters. The minimum Gasteiger partial charge on any atom is -0.370 e. The summed E-state index contributed by atoms with van der Waals surface area (Å²) < 4.78 is 18.8. The van der Waals surface area contributed by atoms with E-state index < -0.39 is 5.82 Å². The SMILES string of the molecule is Fc1cnc(N2CCC[C@@]3(CNCCO3)C2)nc1. The predicted molar refractivity (Wildman–Crippen MR) is 65.0 cm³/mol. The molecule has 1 aromatic rings. The van der Waals surface area contributed by atoms with Crippen LogP contribution in [0.3, 0.4) is 0 Å². The molecule has 3 heterocycles. The predicted octanol–water partition coefficient (Wildman–Crippen LogP) is 0.574. The fourth-order valence-electron chi connectivity index (χ4n) is 2.71. The summed E-state index contributed by atoms with van der Waals surface area (Å²) in [5.74, 6) is 0.186. The molecule has 2 fully saturated rings. The van der Waals surface area contributed by atoms with Gasteiger partial charge in [0.15, 0.2) is 5.82 Å². The molecule has 1 N–H and O–H groups in total. The van der Waals surface area contributed by atoms with Gasteiger partial charge in [0.2, 0.25) is 5.95 Å². The van der Waals surface area contributed by atoms with Crippen molar-refractivity contribution in [2.24, 2.45) is 0 Å². The Morgan fingerprint density at radius 3 is 2.94 bits per heavy atom. The third-order valence-electron chi connectivity index (χ3n) is 3.56. The monoisotopic (exact) mass is 252 g/mol. The molecule has 2 aliphatic heterocycles. The van der Waals surface area contributed by atoms with E-state index in [-0.39, 0.29) is 5.60 Å². The molecule has 0 amide bonds. The minimum absolute atomic E-state index is 0.131. The smallest absolute Gasteiger partial charge is 0.225 e. The number of rotatable bonds is 1. The molecule has 2 aliphatic rings. The van der Waals surface area contributed by atoms with Gasteiger partial charge in [-0.3, -0.25) is 0 Å². The number of nitrogens with one attached hydrogen (secondary N) is 1. The number of halogens is 1. The highest BCUT2D eigenvalue weighted by molar-refractivity contribution is 5.31. The van der Waals surface area contributed by atoms with Gasteiger partial charge in [-0.15, -0.1) is 0 Å². The topological polar surface area (TPSA) is 50.3 Å². The highest BCUT2D eigenvalue weighted by atomic mass is 19.1. The summed E-state index contributed by atoms with van der Waals surface area (Å²) in [4.78, 5) is 10.2. The number of aromatic nitrogens is 2. The number of hydrogen-bond donors (Lipinski definition) is 1. The number of anilines is 1. The van der Waals surface area contributed by atoms with E-state index >= 15 is 0 Å². The minimum atomic E-state index is -0.402. The first-order valence-electron chi connectivity index (χ1n) is 6.35. The van der Waals surface area contributed by atoms with E-state index in [0.29, 0.717) is 5.95 Å². The first-order chi connectivity index (χ1) is 8.77. The van der Waals surface area contributed by atoms with E-state index in [1.54, 1.807) is 0 Å². The van der Waals surface area contributed by atoms with E-state index in [2.05, 4.69) is 20.2 Å². The summed E-state index contributed by atoms with van der Waals surface area (Å²) in [5, 5.41) is 3.37. The highest BCUT2D eigenvalue weighted by Gasteiger charge is 2.38. The molecule has 5 nitrogen and oxygen atoms in total. The van der Waals surface area contributed by atoms with E-state index in [0.717, 1.165) is 45.6 Å². The standard InChI is InChI=1S/C12H17FN4O/c13-10-6-15-11(16-7-10)17-4-1-2-12(9-17)8-14-3-5-18-12/h6-7,14H,1-5,8-9H2/t12-/m1/s1. The lowest BCUT2D eigenvalue weighted by atomic mass is 9.91. The Morgan fingerprint density at radius 1 is 1.39 bits per heavy atom. The van der Waals surface area contributed by atoms with Gasteiger partial charge in [0, 0.05) is 19.6 Å². The van der Waals surface area contributed by atoms with Crippen LogP contribution in [0.4, 0.5) is 10.3 Å². The molecule has 0 bridgehead atoms. The van der Waals surface area contributed by atoms with Crippen LogP contribution >= 0.6 is 0 Å². The highest BCUT2D eigenvalue weighted by Crippen LogP contribution is 2.27. The Morgan fingerprint density at radius 2 is 2.22 bits per heavy atom. The molecule has 2 saturated heterocycles. The molecule has 0 radical (unpaired) electrons. The van der Waals surface area contributed by atoms with Crippen molar-refractivity contribution in [3.05, 3.63) is 18.2 Å². The Bertz CT molecular complexity index is 400. The molecule has 0 aromatic carbocycles. The van der Waals surface area contributed by atoms with Crippen molar-refractivity contribution >= 4 is 5.95 Å². The summed E-state index contributed by atoms with van der Waals surface area (Å²) in [6, 6.07) is 0. The Kier molecular flexibility index (Phi) is 3.13. The van der Waals surface area contributed by atoms with Gasteiger partial charge in [-0.25, -0.2) is 14.4 Å². The van der Waals surface area contributed by atoms with Crippen LogP contribution in [-0.2, 0) is 4.74 Å². The summed E-state index contributed by atoms with van der Waals surface area (Å²) in [6.07, 6.45) is 4.52. The Balaban J connectivity index is 1.75. The first kappa shape index (κ1) is 11.8. The van der Waals surface area contributed by atoms with Crippen LogP contribution in [0.5, 0.6) is 0 Å². The maximum Gasteiger partial charge on any atom is 0.225 e. The third kappa shape index (κ3) is 2.30. The number of morpholine rings is 1. The van der Waals surface area contributed by atoms with Crippen molar-refractivity contribution in [2.75, 3.05) is 37.7 Å². The van der Waals surface area contributed by atoms with Crippen molar-refractivity contribution in [3.63, 3.8) is 0 Å². The van der Waals surface area contributed by atoms with Crippen LogP contribution in [-0.4, -0.2) is 48.4 Å².